The number of sulfonamides is 1. The van der Waals surface area contributed by atoms with Gasteiger partial charge in [-0.2, -0.15) is 0 Å². The van der Waals surface area contributed by atoms with Crippen molar-refractivity contribution in [1.29, 1.82) is 0 Å². The molecule has 1 atom stereocenters. The van der Waals surface area contributed by atoms with E-state index in [1.807, 2.05) is 0 Å². The topological polar surface area (TPSA) is 71.1 Å². The monoisotopic (exact) mass is 339 g/mol. The molecule has 0 saturated carbocycles. The van der Waals surface area contributed by atoms with E-state index in [1.54, 1.807) is 6.20 Å². The van der Waals surface area contributed by atoms with Gasteiger partial charge in [0, 0.05) is 6.04 Å². The lowest BCUT2D eigenvalue weighted by Crippen LogP contribution is -2.40. The number of hydrogen-bond acceptors (Lipinski definition) is 5. The molecule has 1 aromatic rings. The lowest BCUT2D eigenvalue weighted by Gasteiger charge is -2.23. The Morgan fingerprint density at radius 1 is 1.59 bits per heavy atom. The Bertz CT molecular complexity index is 468. The first-order valence-corrected chi connectivity index (χ1v) is 8.66. The highest BCUT2D eigenvalue weighted by molar-refractivity contribution is 9.11. The van der Waals surface area contributed by atoms with E-state index in [0.717, 1.165) is 29.6 Å². The third-order valence-electron chi connectivity index (χ3n) is 2.55. The Kier molecular flexibility index (Phi) is 4.40. The number of hydrogen-bond donors (Lipinski definition) is 2. The molecule has 8 heteroatoms. The van der Waals surface area contributed by atoms with Gasteiger partial charge in [0.25, 0.3) is 0 Å². The van der Waals surface area contributed by atoms with Gasteiger partial charge in [0.15, 0.2) is 5.13 Å². The predicted molar refractivity (Wildman–Crippen MR) is 72.9 cm³/mol. The molecule has 1 saturated heterocycles. The van der Waals surface area contributed by atoms with Crippen molar-refractivity contribution in [2.45, 2.75) is 25.3 Å². The van der Waals surface area contributed by atoms with Crippen LogP contribution in [-0.4, -0.2) is 31.7 Å². The summed E-state index contributed by atoms with van der Waals surface area (Å²) in [6, 6.07) is 0.0599. The second kappa shape index (κ2) is 5.64. The van der Waals surface area contributed by atoms with E-state index in [-0.39, 0.29) is 11.8 Å². The fourth-order valence-corrected chi connectivity index (χ4v) is 4.53. The van der Waals surface area contributed by atoms with Crippen LogP contribution in [0.4, 0.5) is 5.13 Å². The Morgan fingerprint density at radius 3 is 3.00 bits per heavy atom. The number of rotatable bonds is 4. The Balaban J connectivity index is 1.94. The second-order valence-electron chi connectivity index (χ2n) is 4.00. The van der Waals surface area contributed by atoms with E-state index < -0.39 is 10.0 Å². The van der Waals surface area contributed by atoms with Crippen LogP contribution >= 0.6 is 27.3 Å². The fourth-order valence-electron chi connectivity index (χ4n) is 1.81. The molecule has 96 valence electrons. The molecule has 0 spiro atoms. The molecule has 2 N–H and O–H groups in total. The van der Waals surface area contributed by atoms with Gasteiger partial charge in [-0.1, -0.05) is 17.8 Å². The third-order valence-corrected chi connectivity index (χ3v) is 5.42. The van der Waals surface area contributed by atoms with E-state index in [1.165, 1.54) is 11.3 Å². The minimum atomic E-state index is -3.31. The van der Waals surface area contributed by atoms with Crippen molar-refractivity contribution in [1.82, 2.24) is 10.3 Å². The van der Waals surface area contributed by atoms with Crippen molar-refractivity contribution < 1.29 is 8.42 Å². The van der Waals surface area contributed by atoms with Crippen molar-refractivity contribution in [3.8, 4) is 0 Å². The molecule has 1 aliphatic heterocycles. The molecule has 17 heavy (non-hydrogen) atoms. The number of aromatic nitrogens is 1. The quantitative estimate of drug-likeness (QED) is 0.877. The van der Waals surface area contributed by atoms with Gasteiger partial charge in [-0.05, 0) is 35.3 Å². The molecule has 0 aliphatic carbocycles. The van der Waals surface area contributed by atoms with Crippen molar-refractivity contribution >= 4 is 42.4 Å². The van der Waals surface area contributed by atoms with Crippen molar-refractivity contribution in [3.05, 3.63) is 9.98 Å². The Morgan fingerprint density at radius 2 is 2.41 bits per heavy atom. The normalized spacial score (nSPS) is 21.4. The summed E-state index contributed by atoms with van der Waals surface area (Å²) in [4.78, 5) is 3.96. The molecular weight excluding hydrogens is 326 g/mol. The molecule has 1 aliphatic rings. The fraction of sp³-hybridized carbons (Fsp3) is 0.667. The van der Waals surface area contributed by atoms with Crippen LogP contribution in [-0.2, 0) is 10.0 Å². The van der Waals surface area contributed by atoms with E-state index in [2.05, 4.69) is 31.0 Å². The maximum Gasteiger partial charge on any atom is 0.236 e. The van der Waals surface area contributed by atoms with Gasteiger partial charge >= 0.3 is 0 Å². The van der Waals surface area contributed by atoms with Gasteiger partial charge in [-0.25, -0.2) is 13.4 Å². The van der Waals surface area contributed by atoms with E-state index in [0.29, 0.717) is 5.13 Å². The van der Waals surface area contributed by atoms with Crippen LogP contribution in [0.25, 0.3) is 0 Å². The highest BCUT2D eigenvalue weighted by atomic mass is 79.9. The summed E-state index contributed by atoms with van der Waals surface area (Å²) in [5.74, 6) is 0.115. The first kappa shape index (κ1) is 13.3. The van der Waals surface area contributed by atoms with Crippen LogP contribution in [0.2, 0.25) is 0 Å². The van der Waals surface area contributed by atoms with Crippen molar-refractivity contribution in [2.24, 2.45) is 0 Å². The minimum absolute atomic E-state index is 0.0599. The summed E-state index contributed by atoms with van der Waals surface area (Å²) in [5.41, 5.74) is 0. The minimum Gasteiger partial charge on any atom is -0.313 e. The summed E-state index contributed by atoms with van der Waals surface area (Å²) in [6.07, 6.45) is 4.73. The molecular formula is C9H14BrN3O2S2. The Labute approximate surface area is 113 Å². The first-order chi connectivity index (χ1) is 8.05. The van der Waals surface area contributed by atoms with Gasteiger partial charge in [0.05, 0.1) is 15.7 Å². The smallest absolute Gasteiger partial charge is 0.236 e. The lowest BCUT2D eigenvalue weighted by atomic mass is 10.1. The van der Waals surface area contributed by atoms with Crippen LogP contribution in [0, 0.1) is 0 Å². The van der Waals surface area contributed by atoms with Gasteiger partial charge in [-0.3, -0.25) is 4.72 Å². The third kappa shape index (κ3) is 4.20. The standard InChI is InChI=1S/C9H14BrN3O2S2/c10-8-5-12-9(16-8)13-17(14,15)6-7-3-1-2-4-11-7/h5,7,11H,1-4,6H2,(H,12,13). The van der Waals surface area contributed by atoms with Gasteiger partial charge in [-0.15, -0.1) is 0 Å². The number of halogens is 1. The molecule has 5 nitrogen and oxygen atoms in total. The average molecular weight is 340 g/mol. The Hall–Kier alpha value is -0.180. The zero-order valence-electron chi connectivity index (χ0n) is 9.15. The van der Waals surface area contributed by atoms with Crippen LogP contribution in [0.5, 0.6) is 0 Å². The summed E-state index contributed by atoms with van der Waals surface area (Å²) in [6.45, 7) is 0.906. The molecule has 0 bridgehead atoms. The van der Waals surface area contributed by atoms with Crippen molar-refractivity contribution in [3.63, 3.8) is 0 Å². The van der Waals surface area contributed by atoms with Gasteiger partial charge in [0.2, 0.25) is 10.0 Å². The zero-order valence-corrected chi connectivity index (χ0v) is 12.4. The molecule has 1 fully saturated rings. The molecule has 1 aromatic heterocycles. The number of piperidine rings is 1. The largest absolute Gasteiger partial charge is 0.313 e. The lowest BCUT2D eigenvalue weighted by molar-refractivity contribution is 0.424. The highest BCUT2D eigenvalue weighted by Crippen LogP contribution is 2.24. The number of nitrogens with zero attached hydrogens (tertiary/aromatic N) is 1. The van der Waals surface area contributed by atoms with E-state index >= 15 is 0 Å². The molecule has 2 rings (SSSR count). The average Bonchev–Trinajstić information content (AvgIpc) is 2.63. The predicted octanol–water partition coefficient (Wildman–Crippen LogP) is 1.79. The maximum atomic E-state index is 11.9. The first-order valence-electron chi connectivity index (χ1n) is 5.40. The zero-order chi connectivity index (χ0) is 12.3. The molecule has 2 heterocycles. The molecule has 1 unspecified atom stereocenters. The number of thiazole rings is 1. The van der Waals surface area contributed by atoms with Crippen LogP contribution < -0.4 is 10.0 Å². The second-order valence-corrected chi connectivity index (χ2v) is 8.18. The van der Waals surface area contributed by atoms with Crippen LogP contribution in [0.3, 0.4) is 0 Å². The number of anilines is 1. The summed E-state index contributed by atoms with van der Waals surface area (Å²) >= 11 is 4.52. The van der Waals surface area contributed by atoms with Gasteiger partial charge in [0.1, 0.15) is 0 Å². The summed E-state index contributed by atoms with van der Waals surface area (Å²) < 4.78 is 27.1. The summed E-state index contributed by atoms with van der Waals surface area (Å²) in [7, 11) is -3.31. The van der Waals surface area contributed by atoms with Gasteiger partial charge < -0.3 is 5.32 Å². The maximum absolute atomic E-state index is 11.9. The summed E-state index contributed by atoms with van der Waals surface area (Å²) in [5, 5.41) is 3.63. The molecule has 0 amide bonds. The van der Waals surface area contributed by atoms with Crippen LogP contribution in [0.15, 0.2) is 9.98 Å². The number of nitrogens with one attached hydrogen (secondary N) is 2. The molecule has 0 aromatic carbocycles. The van der Waals surface area contributed by atoms with E-state index in [9.17, 15) is 8.42 Å². The van der Waals surface area contributed by atoms with E-state index in [4.69, 9.17) is 0 Å². The molecule has 0 radical (unpaired) electrons. The van der Waals surface area contributed by atoms with Crippen molar-refractivity contribution in [2.75, 3.05) is 17.0 Å². The SMILES string of the molecule is O=S(=O)(CC1CCCCN1)Nc1ncc(Br)s1. The highest BCUT2D eigenvalue weighted by Gasteiger charge is 2.21. The van der Waals surface area contributed by atoms with Crippen LogP contribution in [0.1, 0.15) is 19.3 Å².